The van der Waals surface area contributed by atoms with Crippen molar-refractivity contribution >= 4 is 17.7 Å². The smallest absolute Gasteiger partial charge is 0.337 e. The Kier molecular flexibility index (Phi) is 5.10. The summed E-state index contributed by atoms with van der Waals surface area (Å²) in [7, 11) is 1.68. The van der Waals surface area contributed by atoms with Crippen molar-refractivity contribution in [1.29, 1.82) is 0 Å². The van der Waals surface area contributed by atoms with Gasteiger partial charge in [-0.1, -0.05) is 0 Å². The lowest BCUT2D eigenvalue weighted by atomic mass is 10.1. The van der Waals surface area contributed by atoms with Gasteiger partial charge in [0.2, 0.25) is 0 Å². The molecule has 0 radical (unpaired) electrons. The van der Waals surface area contributed by atoms with E-state index >= 15 is 0 Å². The van der Waals surface area contributed by atoms with Crippen LogP contribution in [0.4, 0.5) is 10.5 Å². The van der Waals surface area contributed by atoms with Crippen molar-refractivity contribution in [3.05, 3.63) is 24.0 Å². The van der Waals surface area contributed by atoms with Crippen LogP contribution < -0.4 is 5.32 Å². The third-order valence-corrected chi connectivity index (χ3v) is 3.33. The van der Waals surface area contributed by atoms with Crippen molar-refractivity contribution in [3.8, 4) is 0 Å². The van der Waals surface area contributed by atoms with Crippen LogP contribution in [-0.4, -0.2) is 53.3 Å². The fourth-order valence-corrected chi connectivity index (χ4v) is 2.18. The van der Waals surface area contributed by atoms with Gasteiger partial charge in [0.1, 0.15) is 0 Å². The number of carboxylic acids is 1. The second kappa shape index (κ2) is 7.03. The van der Waals surface area contributed by atoms with Gasteiger partial charge in [0, 0.05) is 26.4 Å². The number of aromatic carboxylic acids is 1. The van der Waals surface area contributed by atoms with Gasteiger partial charge in [-0.25, -0.2) is 9.59 Å². The summed E-state index contributed by atoms with van der Waals surface area (Å²) in [5.41, 5.74) is 0.391. The van der Waals surface area contributed by atoms with E-state index in [4.69, 9.17) is 9.84 Å². The van der Waals surface area contributed by atoms with Crippen molar-refractivity contribution < 1.29 is 19.4 Å². The molecular weight excluding hydrogens is 274 g/mol. The molecule has 0 bridgehead atoms. The second-order valence-corrected chi connectivity index (χ2v) is 5.07. The first kappa shape index (κ1) is 15.2. The van der Waals surface area contributed by atoms with Crippen molar-refractivity contribution in [2.75, 3.05) is 25.5 Å². The maximum atomic E-state index is 12.1. The topological polar surface area (TPSA) is 91.8 Å². The van der Waals surface area contributed by atoms with Gasteiger partial charge in [-0.3, -0.25) is 4.98 Å². The number of likely N-dealkylation sites (N-methyl/N-ethyl adjacent to an activating group) is 1. The molecule has 0 saturated carbocycles. The summed E-state index contributed by atoms with van der Waals surface area (Å²) < 4.78 is 5.59. The minimum Gasteiger partial charge on any atom is -0.478 e. The molecule has 1 fully saturated rings. The molecular formula is C14H19N3O4. The number of carboxylic acid groups (broad SMARTS) is 1. The van der Waals surface area contributed by atoms with E-state index in [1.54, 1.807) is 7.05 Å². The summed E-state index contributed by atoms with van der Waals surface area (Å²) >= 11 is 0. The standard InChI is InChI=1S/C14H19N3O4/c1-17(9-12-4-2-3-5-21-12)14(20)16-11-6-10(13(18)19)7-15-8-11/h6-8,12H,2-5,9H2,1H3,(H,16,20)(H,18,19). The molecule has 21 heavy (non-hydrogen) atoms. The number of rotatable bonds is 4. The predicted octanol–water partition coefficient (Wildman–Crippen LogP) is 1.81. The quantitative estimate of drug-likeness (QED) is 0.883. The highest BCUT2D eigenvalue weighted by Gasteiger charge is 2.19. The van der Waals surface area contributed by atoms with Crippen LogP contribution in [0.1, 0.15) is 29.6 Å². The second-order valence-electron chi connectivity index (χ2n) is 5.07. The summed E-state index contributed by atoms with van der Waals surface area (Å²) in [5.74, 6) is -1.08. The fourth-order valence-electron chi connectivity index (χ4n) is 2.18. The SMILES string of the molecule is CN(CC1CCCCO1)C(=O)Nc1cncc(C(=O)O)c1. The van der Waals surface area contributed by atoms with Gasteiger partial charge in [0.15, 0.2) is 0 Å². The van der Waals surface area contributed by atoms with Crippen molar-refractivity contribution in [2.45, 2.75) is 25.4 Å². The molecule has 1 saturated heterocycles. The summed E-state index contributed by atoms with van der Waals surface area (Å²) in [6.45, 7) is 1.25. The van der Waals surface area contributed by atoms with Crippen LogP contribution in [0.25, 0.3) is 0 Å². The minimum absolute atomic E-state index is 0.0334. The van der Waals surface area contributed by atoms with Crippen LogP contribution in [0.3, 0.4) is 0 Å². The number of hydrogen-bond acceptors (Lipinski definition) is 4. The molecule has 114 valence electrons. The first-order chi connectivity index (χ1) is 10.1. The molecule has 2 N–H and O–H groups in total. The largest absolute Gasteiger partial charge is 0.478 e. The summed E-state index contributed by atoms with van der Waals surface area (Å²) in [4.78, 5) is 28.2. The Hall–Kier alpha value is -2.15. The monoisotopic (exact) mass is 293 g/mol. The van der Waals surface area contributed by atoms with E-state index in [0.29, 0.717) is 12.2 Å². The molecule has 1 aliphatic heterocycles. The number of carbonyl (C=O) groups excluding carboxylic acids is 1. The van der Waals surface area contributed by atoms with Gasteiger partial charge in [-0.05, 0) is 25.3 Å². The van der Waals surface area contributed by atoms with Crippen LogP contribution in [-0.2, 0) is 4.74 Å². The van der Waals surface area contributed by atoms with Gasteiger partial charge in [-0.2, -0.15) is 0 Å². The Balaban J connectivity index is 1.90. The van der Waals surface area contributed by atoms with Gasteiger partial charge in [0.25, 0.3) is 0 Å². The highest BCUT2D eigenvalue weighted by Crippen LogP contribution is 2.14. The molecule has 0 spiro atoms. The van der Waals surface area contributed by atoms with Crippen molar-refractivity contribution in [2.24, 2.45) is 0 Å². The van der Waals surface area contributed by atoms with Crippen LogP contribution in [0.2, 0.25) is 0 Å². The molecule has 1 aromatic rings. The summed E-state index contributed by atoms with van der Waals surface area (Å²) in [6.07, 6.45) is 5.85. The Labute approximate surface area is 122 Å². The minimum atomic E-state index is -1.08. The molecule has 0 aromatic carbocycles. The van der Waals surface area contributed by atoms with E-state index in [1.165, 1.54) is 23.4 Å². The molecule has 7 nitrogen and oxygen atoms in total. The van der Waals surface area contributed by atoms with Gasteiger partial charge >= 0.3 is 12.0 Å². The Bertz CT molecular complexity index is 515. The van der Waals surface area contributed by atoms with Gasteiger partial charge in [-0.15, -0.1) is 0 Å². The zero-order valence-electron chi connectivity index (χ0n) is 11.9. The van der Waals surface area contributed by atoms with Crippen LogP contribution in [0.15, 0.2) is 18.5 Å². The Morgan fingerprint density at radius 2 is 2.29 bits per heavy atom. The normalized spacial score (nSPS) is 18.0. The third kappa shape index (κ3) is 4.42. The maximum Gasteiger partial charge on any atom is 0.337 e. The fraction of sp³-hybridized carbons (Fsp3) is 0.500. The molecule has 1 aliphatic rings. The highest BCUT2D eigenvalue weighted by atomic mass is 16.5. The predicted molar refractivity (Wildman–Crippen MR) is 76.4 cm³/mol. The third-order valence-electron chi connectivity index (χ3n) is 3.33. The van der Waals surface area contributed by atoms with Crippen molar-refractivity contribution in [3.63, 3.8) is 0 Å². The first-order valence-corrected chi connectivity index (χ1v) is 6.88. The lowest BCUT2D eigenvalue weighted by molar-refractivity contribution is 0.00463. The number of urea groups is 1. The van der Waals surface area contributed by atoms with Crippen molar-refractivity contribution in [1.82, 2.24) is 9.88 Å². The molecule has 1 atom stereocenters. The number of ether oxygens (including phenoxy) is 1. The molecule has 0 aliphatic carbocycles. The molecule has 2 amide bonds. The van der Waals surface area contributed by atoms with E-state index in [2.05, 4.69) is 10.3 Å². The number of anilines is 1. The number of pyridine rings is 1. The number of carbonyl (C=O) groups is 2. The molecule has 1 aromatic heterocycles. The highest BCUT2D eigenvalue weighted by molar-refractivity contribution is 5.92. The molecule has 1 unspecified atom stereocenters. The molecule has 2 heterocycles. The summed E-state index contributed by atoms with van der Waals surface area (Å²) in [6, 6.07) is 1.06. The van der Waals surface area contributed by atoms with Gasteiger partial charge < -0.3 is 20.1 Å². The number of nitrogens with one attached hydrogen (secondary N) is 1. The number of nitrogens with zero attached hydrogens (tertiary/aromatic N) is 2. The lowest BCUT2D eigenvalue weighted by Crippen LogP contribution is -2.39. The van der Waals surface area contributed by atoms with Crippen LogP contribution in [0.5, 0.6) is 0 Å². The first-order valence-electron chi connectivity index (χ1n) is 6.88. The zero-order chi connectivity index (χ0) is 15.2. The van der Waals surface area contributed by atoms with E-state index < -0.39 is 5.97 Å². The zero-order valence-corrected chi connectivity index (χ0v) is 11.9. The average molecular weight is 293 g/mol. The number of aromatic nitrogens is 1. The average Bonchev–Trinajstić information content (AvgIpc) is 2.48. The van der Waals surface area contributed by atoms with E-state index in [9.17, 15) is 9.59 Å². The lowest BCUT2D eigenvalue weighted by Gasteiger charge is -2.27. The van der Waals surface area contributed by atoms with E-state index in [-0.39, 0.29) is 17.7 Å². The van der Waals surface area contributed by atoms with Gasteiger partial charge in [0.05, 0.1) is 23.6 Å². The van der Waals surface area contributed by atoms with E-state index in [1.807, 2.05) is 0 Å². The van der Waals surface area contributed by atoms with E-state index in [0.717, 1.165) is 25.9 Å². The molecule has 2 rings (SSSR count). The number of amides is 2. The van der Waals surface area contributed by atoms with Crippen LogP contribution in [0, 0.1) is 0 Å². The maximum absolute atomic E-state index is 12.1. The van der Waals surface area contributed by atoms with Crippen LogP contribution >= 0.6 is 0 Å². The summed E-state index contributed by atoms with van der Waals surface area (Å²) in [5, 5.41) is 11.5. The Morgan fingerprint density at radius 3 is 2.95 bits per heavy atom. The number of hydrogen-bond donors (Lipinski definition) is 2. The molecule has 7 heteroatoms. The Morgan fingerprint density at radius 1 is 1.48 bits per heavy atom.